The lowest BCUT2D eigenvalue weighted by Gasteiger charge is -2.09. The Morgan fingerprint density at radius 3 is 2.81 bits per heavy atom. The molecule has 2 aromatic carbocycles. The van der Waals surface area contributed by atoms with Crippen LogP contribution < -0.4 is 9.50 Å². The highest BCUT2D eigenvalue weighted by Crippen LogP contribution is 2.28. The Balaban J connectivity index is 1.69. The quantitative estimate of drug-likeness (QED) is 0.263. The van der Waals surface area contributed by atoms with Crippen molar-refractivity contribution < 1.29 is 17.4 Å². The average molecular weight is 589 g/mol. The number of hydrogen-bond acceptors (Lipinski definition) is 7. The summed E-state index contributed by atoms with van der Waals surface area (Å²) in [6, 6.07) is 11.3. The molecule has 0 aliphatic carbocycles. The molecular weight excluding hydrogens is 570 g/mol. The Bertz CT molecular complexity index is 1140. The zero-order chi connectivity index (χ0) is 22.4. The second-order valence-corrected chi connectivity index (χ2v) is 11.0. The molecule has 164 valence electrons. The van der Waals surface area contributed by atoms with Crippen molar-refractivity contribution in [3.8, 4) is 5.75 Å². The highest BCUT2D eigenvalue weighted by atomic mass is 79.9. The van der Waals surface area contributed by atoms with Gasteiger partial charge in [0, 0.05) is 8.95 Å². The molecule has 3 rings (SSSR count). The van der Waals surface area contributed by atoms with E-state index in [2.05, 4.69) is 54.3 Å². The minimum atomic E-state index is -4.04. The van der Waals surface area contributed by atoms with Crippen molar-refractivity contribution in [1.82, 2.24) is 5.32 Å². The predicted molar refractivity (Wildman–Crippen MR) is 130 cm³/mol. The first-order valence-corrected chi connectivity index (χ1v) is 13.2. The van der Waals surface area contributed by atoms with E-state index in [9.17, 15) is 13.2 Å². The number of amides is 1. The van der Waals surface area contributed by atoms with Gasteiger partial charge in [0.2, 0.25) is 5.91 Å². The summed E-state index contributed by atoms with van der Waals surface area (Å²) >= 11 is 7.87. The van der Waals surface area contributed by atoms with Gasteiger partial charge in [0.05, 0.1) is 11.5 Å². The number of thioether (sulfide) groups is 1. The van der Waals surface area contributed by atoms with E-state index in [0.717, 1.165) is 19.3 Å². The largest absolute Gasteiger partial charge is 0.379 e. The van der Waals surface area contributed by atoms with Crippen LogP contribution >= 0.6 is 43.6 Å². The van der Waals surface area contributed by atoms with Crippen molar-refractivity contribution in [2.75, 3.05) is 0 Å². The van der Waals surface area contributed by atoms with E-state index in [0.29, 0.717) is 19.7 Å². The van der Waals surface area contributed by atoms with Crippen LogP contribution in [0.5, 0.6) is 5.75 Å². The minimum Gasteiger partial charge on any atom is -0.379 e. The molecule has 0 radical (unpaired) electrons. The molecule has 0 aromatic heterocycles. The predicted octanol–water partition coefficient (Wildman–Crippen LogP) is 5.09. The molecule has 0 spiro atoms. The van der Waals surface area contributed by atoms with Crippen molar-refractivity contribution >= 4 is 71.0 Å². The molecule has 1 N–H and O–H groups in total. The lowest BCUT2D eigenvalue weighted by molar-refractivity contribution is -0.118. The maximum absolute atomic E-state index is 12.6. The van der Waals surface area contributed by atoms with Gasteiger partial charge in [0.1, 0.15) is 10.6 Å². The fraction of sp³-hybridized carbons (Fsp3) is 0.250. The highest BCUT2D eigenvalue weighted by Gasteiger charge is 2.29. The second-order valence-electron chi connectivity index (χ2n) is 6.57. The topological polar surface area (TPSA) is 97.2 Å². The SMILES string of the molecule is CCCC[C@H]1S/C(=N\N=C/c2cccc(OS(=O)(=O)c3cc(Br)ccc3Br)c2)NC1=O. The van der Waals surface area contributed by atoms with E-state index < -0.39 is 10.1 Å². The van der Waals surface area contributed by atoms with Gasteiger partial charge in [-0.1, -0.05) is 59.6 Å². The number of nitrogens with zero attached hydrogens (tertiary/aromatic N) is 2. The molecule has 1 atom stereocenters. The Kier molecular flexibility index (Phi) is 8.31. The van der Waals surface area contributed by atoms with E-state index >= 15 is 0 Å². The van der Waals surface area contributed by atoms with Crippen LogP contribution in [0.1, 0.15) is 31.7 Å². The van der Waals surface area contributed by atoms with Crippen molar-refractivity contribution in [3.05, 3.63) is 57.0 Å². The van der Waals surface area contributed by atoms with Crippen LogP contribution in [0.15, 0.2) is 66.5 Å². The summed E-state index contributed by atoms with van der Waals surface area (Å²) in [4.78, 5) is 11.9. The molecule has 1 saturated heterocycles. The molecule has 1 amide bonds. The van der Waals surface area contributed by atoms with E-state index in [-0.39, 0.29) is 21.8 Å². The molecule has 1 fully saturated rings. The second kappa shape index (κ2) is 10.8. The van der Waals surface area contributed by atoms with E-state index in [1.165, 1.54) is 36.2 Å². The lowest BCUT2D eigenvalue weighted by atomic mass is 10.2. The van der Waals surface area contributed by atoms with Crippen LogP contribution in [0.3, 0.4) is 0 Å². The summed E-state index contributed by atoms with van der Waals surface area (Å²) in [5, 5.41) is 11.1. The van der Waals surface area contributed by atoms with Gasteiger partial charge < -0.3 is 9.50 Å². The summed E-state index contributed by atoms with van der Waals surface area (Å²) in [6.07, 6.45) is 4.28. The number of nitrogens with one attached hydrogen (secondary N) is 1. The Hall–Kier alpha value is -1.69. The van der Waals surface area contributed by atoms with Crippen LogP contribution in [0.4, 0.5) is 0 Å². The van der Waals surface area contributed by atoms with E-state index in [4.69, 9.17) is 4.18 Å². The van der Waals surface area contributed by atoms with Crippen molar-refractivity contribution in [2.24, 2.45) is 10.2 Å². The maximum atomic E-state index is 12.6. The molecular formula is C20H19Br2N3O4S2. The Labute approximate surface area is 202 Å². The Morgan fingerprint density at radius 2 is 2.03 bits per heavy atom. The van der Waals surface area contributed by atoms with Crippen LogP contribution in [0.25, 0.3) is 0 Å². The third-order valence-corrected chi connectivity index (χ3v) is 8.06. The summed E-state index contributed by atoms with van der Waals surface area (Å²) in [5.74, 6) is 0.0957. The third-order valence-electron chi connectivity index (χ3n) is 4.18. The number of unbranched alkanes of at least 4 members (excludes halogenated alkanes) is 1. The van der Waals surface area contributed by atoms with Gasteiger partial charge in [-0.05, 0) is 58.2 Å². The van der Waals surface area contributed by atoms with Crippen LogP contribution in [-0.4, -0.2) is 31.0 Å². The summed E-state index contributed by atoms with van der Waals surface area (Å²) in [5.41, 5.74) is 0.599. The smallest absolute Gasteiger partial charge is 0.340 e. The molecule has 1 aliphatic heterocycles. The van der Waals surface area contributed by atoms with Gasteiger partial charge in [0.25, 0.3) is 0 Å². The first kappa shape index (κ1) is 24.0. The third kappa shape index (κ3) is 6.64. The fourth-order valence-corrected chi connectivity index (χ4v) is 6.02. The Morgan fingerprint density at radius 1 is 1.23 bits per heavy atom. The maximum Gasteiger partial charge on any atom is 0.340 e. The van der Waals surface area contributed by atoms with Gasteiger partial charge in [-0.25, -0.2) is 0 Å². The molecule has 0 saturated carbocycles. The fourth-order valence-electron chi connectivity index (χ4n) is 2.67. The molecule has 2 aromatic rings. The zero-order valence-corrected chi connectivity index (χ0v) is 21.2. The summed E-state index contributed by atoms with van der Waals surface area (Å²) < 4.78 is 31.6. The average Bonchev–Trinajstić information content (AvgIpc) is 3.07. The van der Waals surface area contributed by atoms with Crippen LogP contribution in [-0.2, 0) is 14.9 Å². The van der Waals surface area contributed by atoms with Crippen molar-refractivity contribution in [2.45, 2.75) is 36.3 Å². The standard InChI is InChI=1S/C20H19Br2N3O4S2/c1-2-3-7-17-19(26)24-20(30-17)25-23-12-13-5-4-6-15(10-13)29-31(27,28)18-11-14(21)8-9-16(18)22/h4-6,8-12,17H,2-3,7H2,1H3,(H,24,25,26)/b23-12-/t17-/m1/s1. The van der Waals surface area contributed by atoms with Crippen molar-refractivity contribution in [1.29, 1.82) is 0 Å². The monoisotopic (exact) mass is 587 g/mol. The number of carbonyl (C=O) groups excluding carboxylic acids is 1. The minimum absolute atomic E-state index is 0.0129. The van der Waals surface area contributed by atoms with Gasteiger partial charge in [-0.3, -0.25) is 4.79 Å². The van der Waals surface area contributed by atoms with Crippen molar-refractivity contribution in [3.63, 3.8) is 0 Å². The van der Waals surface area contributed by atoms with Crippen LogP contribution in [0, 0.1) is 0 Å². The molecule has 1 heterocycles. The molecule has 0 bridgehead atoms. The van der Waals surface area contributed by atoms with Gasteiger partial charge in [0.15, 0.2) is 5.17 Å². The number of hydrogen-bond donors (Lipinski definition) is 1. The number of rotatable bonds is 8. The molecule has 11 heteroatoms. The number of benzene rings is 2. The molecule has 31 heavy (non-hydrogen) atoms. The van der Waals surface area contributed by atoms with Gasteiger partial charge in [-0.2, -0.15) is 13.5 Å². The normalized spacial score (nSPS) is 18.0. The molecule has 0 unspecified atom stereocenters. The van der Waals surface area contributed by atoms with Gasteiger partial charge in [-0.15, -0.1) is 5.10 Å². The van der Waals surface area contributed by atoms with Crippen LogP contribution in [0.2, 0.25) is 0 Å². The summed E-state index contributed by atoms with van der Waals surface area (Å²) in [6.45, 7) is 2.08. The van der Waals surface area contributed by atoms with E-state index in [1.54, 1.807) is 24.3 Å². The number of carbonyl (C=O) groups is 1. The zero-order valence-electron chi connectivity index (χ0n) is 16.4. The summed E-state index contributed by atoms with van der Waals surface area (Å²) in [7, 11) is -4.04. The first-order valence-electron chi connectivity index (χ1n) is 9.36. The van der Waals surface area contributed by atoms with Gasteiger partial charge >= 0.3 is 10.1 Å². The number of amidine groups is 1. The van der Waals surface area contributed by atoms with E-state index in [1.807, 2.05) is 0 Å². The highest BCUT2D eigenvalue weighted by molar-refractivity contribution is 9.11. The number of halogens is 2. The molecule has 7 nitrogen and oxygen atoms in total. The lowest BCUT2D eigenvalue weighted by Crippen LogP contribution is -2.24. The molecule has 1 aliphatic rings. The first-order chi connectivity index (χ1) is 14.8.